The van der Waals surface area contributed by atoms with Gasteiger partial charge in [-0.2, -0.15) is 0 Å². The van der Waals surface area contributed by atoms with Crippen LogP contribution in [0.1, 0.15) is 75.1 Å². The lowest BCUT2D eigenvalue weighted by molar-refractivity contribution is -0.140. The zero-order chi connectivity index (χ0) is 22.1. The summed E-state index contributed by atoms with van der Waals surface area (Å²) < 4.78 is 0. The van der Waals surface area contributed by atoms with Crippen molar-refractivity contribution in [3.8, 4) is 0 Å². The number of nitrogens with zero attached hydrogens (tertiary/aromatic N) is 1. The van der Waals surface area contributed by atoms with E-state index in [-0.39, 0.29) is 47.9 Å². The summed E-state index contributed by atoms with van der Waals surface area (Å²) in [5.74, 6) is -0.523. The van der Waals surface area contributed by atoms with Crippen molar-refractivity contribution in [2.24, 2.45) is 11.8 Å². The average Bonchev–Trinajstić information content (AvgIpc) is 2.92. The molecule has 0 unspecified atom stereocenters. The molecule has 0 radical (unpaired) electrons. The van der Waals surface area contributed by atoms with Gasteiger partial charge in [0.25, 0.3) is 0 Å². The molecule has 3 rings (SSSR count). The molecule has 1 N–H and O–H groups in total. The number of benzene rings is 1. The van der Waals surface area contributed by atoms with Gasteiger partial charge < -0.3 is 5.32 Å². The molecule has 164 valence electrons. The van der Waals surface area contributed by atoms with Gasteiger partial charge in [-0.1, -0.05) is 45.7 Å². The quantitative estimate of drug-likeness (QED) is 0.722. The zero-order valence-electron chi connectivity index (χ0n) is 19.1. The van der Waals surface area contributed by atoms with Crippen LogP contribution in [-0.2, 0) is 26.2 Å². The normalized spacial score (nSPS) is 21.7. The second kappa shape index (κ2) is 8.91. The summed E-state index contributed by atoms with van der Waals surface area (Å²) in [7, 11) is 0. The molecule has 2 atom stereocenters. The Balaban J connectivity index is 1.49. The number of aryl methyl sites for hydroxylation is 2. The van der Waals surface area contributed by atoms with Crippen molar-refractivity contribution >= 4 is 17.7 Å². The number of rotatable bonds is 6. The van der Waals surface area contributed by atoms with Gasteiger partial charge in [0.1, 0.15) is 0 Å². The Morgan fingerprint density at radius 3 is 2.07 bits per heavy atom. The number of hydrogen-bond acceptors (Lipinski definition) is 3. The van der Waals surface area contributed by atoms with Crippen molar-refractivity contribution in [1.29, 1.82) is 0 Å². The minimum atomic E-state index is -0.142. The highest BCUT2D eigenvalue weighted by molar-refractivity contribution is 6.05. The Bertz CT molecular complexity index is 790. The van der Waals surface area contributed by atoms with Crippen LogP contribution in [0.15, 0.2) is 12.1 Å². The number of amides is 3. The number of carbonyl (C=O) groups is 3. The molecule has 1 saturated carbocycles. The molecule has 0 spiro atoms. The van der Waals surface area contributed by atoms with Crippen molar-refractivity contribution in [2.45, 2.75) is 78.6 Å². The zero-order valence-corrected chi connectivity index (χ0v) is 19.1. The summed E-state index contributed by atoms with van der Waals surface area (Å²) in [6, 6.07) is 4.49. The molecular formula is C25H36N2O3. The topological polar surface area (TPSA) is 66.5 Å². The van der Waals surface area contributed by atoms with E-state index in [0.717, 1.165) is 32.1 Å². The van der Waals surface area contributed by atoms with Gasteiger partial charge in [-0.25, -0.2) is 0 Å². The van der Waals surface area contributed by atoms with Crippen LogP contribution in [-0.4, -0.2) is 35.7 Å². The van der Waals surface area contributed by atoms with E-state index in [1.54, 1.807) is 0 Å². The number of nitrogens with one attached hydrogen (secondary N) is 1. The monoisotopic (exact) mass is 412 g/mol. The second-order valence-corrected chi connectivity index (χ2v) is 10.0. The minimum Gasteiger partial charge on any atom is -0.356 e. The predicted octanol–water partition coefficient (Wildman–Crippen LogP) is 3.82. The fourth-order valence-corrected chi connectivity index (χ4v) is 4.90. The molecule has 1 heterocycles. The van der Waals surface area contributed by atoms with Crippen LogP contribution in [0, 0.1) is 25.7 Å². The van der Waals surface area contributed by atoms with Crippen molar-refractivity contribution in [1.82, 2.24) is 10.2 Å². The Morgan fingerprint density at radius 1 is 1.03 bits per heavy atom. The summed E-state index contributed by atoms with van der Waals surface area (Å²) in [5.41, 5.74) is 5.22. The Labute approximate surface area is 180 Å². The van der Waals surface area contributed by atoms with Gasteiger partial charge >= 0.3 is 0 Å². The van der Waals surface area contributed by atoms with Crippen LogP contribution in [0.25, 0.3) is 0 Å². The van der Waals surface area contributed by atoms with Gasteiger partial charge in [0, 0.05) is 19.5 Å². The lowest BCUT2D eigenvalue weighted by atomic mass is 9.81. The van der Waals surface area contributed by atoms with E-state index in [4.69, 9.17) is 0 Å². The fraction of sp³-hybridized carbons (Fsp3) is 0.640. The van der Waals surface area contributed by atoms with Gasteiger partial charge in [-0.15, -0.1) is 0 Å². The molecule has 1 aliphatic heterocycles. The van der Waals surface area contributed by atoms with Crippen LogP contribution in [0.2, 0.25) is 0 Å². The van der Waals surface area contributed by atoms with Crippen LogP contribution in [0.5, 0.6) is 0 Å². The maximum atomic E-state index is 12.5. The van der Waals surface area contributed by atoms with Crippen molar-refractivity contribution in [2.75, 3.05) is 13.1 Å². The first kappa shape index (κ1) is 22.5. The highest BCUT2D eigenvalue weighted by Crippen LogP contribution is 2.38. The summed E-state index contributed by atoms with van der Waals surface area (Å²) in [6.07, 6.45) is 4.61. The number of carbonyl (C=O) groups excluding carboxylic acids is 3. The maximum absolute atomic E-state index is 12.5. The Morgan fingerprint density at radius 2 is 1.57 bits per heavy atom. The highest BCUT2D eigenvalue weighted by atomic mass is 16.2. The molecule has 2 aliphatic rings. The molecular weight excluding hydrogens is 376 g/mol. The molecule has 0 aromatic heterocycles. The first-order chi connectivity index (χ1) is 14.1. The third kappa shape index (κ3) is 4.76. The lowest BCUT2D eigenvalue weighted by Gasteiger charge is -2.22. The number of imide groups is 1. The van der Waals surface area contributed by atoms with E-state index < -0.39 is 0 Å². The average molecular weight is 413 g/mol. The van der Waals surface area contributed by atoms with Crippen LogP contribution >= 0.6 is 0 Å². The standard InChI is InChI=1S/C25H36N2O3/c1-16-14-18(25(3,4)5)15-17(2)19(16)10-12-26-22(28)11-13-27-23(29)20-8-6-7-9-21(20)24(27)30/h14-15,20-21H,6-13H2,1-5H3,(H,26,28)/t20-,21+. The number of likely N-dealkylation sites (tertiary alicyclic amines) is 1. The van der Waals surface area contributed by atoms with E-state index in [0.29, 0.717) is 6.54 Å². The largest absolute Gasteiger partial charge is 0.356 e. The summed E-state index contributed by atoms with van der Waals surface area (Å²) in [4.78, 5) is 38.7. The molecule has 1 aromatic rings. The number of hydrogen-bond donors (Lipinski definition) is 1. The van der Waals surface area contributed by atoms with Crippen molar-refractivity contribution in [3.63, 3.8) is 0 Å². The Kier molecular flexibility index (Phi) is 6.68. The van der Waals surface area contributed by atoms with E-state index in [1.165, 1.54) is 27.2 Å². The van der Waals surface area contributed by atoms with Crippen molar-refractivity contribution < 1.29 is 14.4 Å². The van der Waals surface area contributed by atoms with Crippen LogP contribution in [0.3, 0.4) is 0 Å². The number of fused-ring (bicyclic) bond motifs is 1. The molecule has 2 fully saturated rings. The molecule has 3 amide bonds. The smallest absolute Gasteiger partial charge is 0.233 e. The lowest BCUT2D eigenvalue weighted by Crippen LogP contribution is -2.36. The van der Waals surface area contributed by atoms with Gasteiger partial charge in [0.15, 0.2) is 0 Å². The minimum absolute atomic E-state index is 0.0670. The van der Waals surface area contributed by atoms with E-state index >= 15 is 0 Å². The first-order valence-electron chi connectivity index (χ1n) is 11.3. The van der Waals surface area contributed by atoms with E-state index in [2.05, 4.69) is 52.1 Å². The molecule has 5 nitrogen and oxygen atoms in total. The van der Waals surface area contributed by atoms with Gasteiger partial charge in [0.2, 0.25) is 17.7 Å². The molecule has 1 saturated heterocycles. The van der Waals surface area contributed by atoms with Crippen LogP contribution < -0.4 is 5.32 Å². The molecule has 1 aromatic carbocycles. The molecule has 30 heavy (non-hydrogen) atoms. The molecule has 5 heteroatoms. The van der Waals surface area contributed by atoms with Crippen LogP contribution in [0.4, 0.5) is 0 Å². The van der Waals surface area contributed by atoms with E-state index in [1.807, 2.05) is 0 Å². The third-order valence-electron chi connectivity index (χ3n) is 6.75. The van der Waals surface area contributed by atoms with E-state index in [9.17, 15) is 14.4 Å². The third-order valence-corrected chi connectivity index (χ3v) is 6.75. The highest BCUT2D eigenvalue weighted by Gasteiger charge is 2.47. The van der Waals surface area contributed by atoms with Gasteiger partial charge in [-0.05, 0) is 60.8 Å². The summed E-state index contributed by atoms with van der Waals surface area (Å²) >= 11 is 0. The van der Waals surface area contributed by atoms with Gasteiger partial charge in [-0.3, -0.25) is 19.3 Å². The fourth-order valence-electron chi connectivity index (χ4n) is 4.90. The van der Waals surface area contributed by atoms with Crippen molar-refractivity contribution in [3.05, 3.63) is 34.4 Å². The van der Waals surface area contributed by atoms with Gasteiger partial charge in [0.05, 0.1) is 11.8 Å². The molecule has 1 aliphatic carbocycles. The second-order valence-electron chi connectivity index (χ2n) is 10.0. The predicted molar refractivity (Wildman–Crippen MR) is 118 cm³/mol. The first-order valence-corrected chi connectivity index (χ1v) is 11.3. The maximum Gasteiger partial charge on any atom is 0.233 e. The molecule has 0 bridgehead atoms. The Hall–Kier alpha value is -2.17. The summed E-state index contributed by atoms with van der Waals surface area (Å²) in [5, 5.41) is 2.96. The summed E-state index contributed by atoms with van der Waals surface area (Å²) in [6.45, 7) is 11.7. The SMILES string of the molecule is Cc1cc(C(C)(C)C)cc(C)c1CCNC(=O)CCN1C(=O)[C@H]2CCCC[C@H]2C1=O.